The van der Waals surface area contributed by atoms with Gasteiger partial charge in [-0.25, -0.2) is 13.1 Å². The van der Waals surface area contributed by atoms with E-state index in [1.807, 2.05) is 25.9 Å². The molecule has 0 amide bonds. The average molecular weight is 263 g/mol. The zero-order valence-electron chi connectivity index (χ0n) is 11.1. The second-order valence-electron chi connectivity index (χ2n) is 5.09. The van der Waals surface area contributed by atoms with E-state index in [0.29, 0.717) is 6.54 Å². The molecule has 17 heavy (non-hydrogen) atoms. The van der Waals surface area contributed by atoms with Gasteiger partial charge in [-0.3, -0.25) is 0 Å². The fourth-order valence-electron chi connectivity index (χ4n) is 1.82. The Morgan fingerprint density at radius 3 is 2.65 bits per heavy atom. The van der Waals surface area contributed by atoms with Crippen molar-refractivity contribution in [2.45, 2.75) is 38.3 Å². The lowest BCUT2D eigenvalue weighted by molar-refractivity contribution is 0.313. The molecule has 6 heteroatoms. The quantitative estimate of drug-likeness (QED) is 0.708. The van der Waals surface area contributed by atoms with Crippen LogP contribution in [0.4, 0.5) is 0 Å². The third kappa shape index (κ3) is 5.81. The number of sulfonamides is 1. The lowest BCUT2D eigenvalue weighted by Crippen LogP contribution is -2.45. The van der Waals surface area contributed by atoms with Crippen molar-refractivity contribution in [1.29, 1.82) is 0 Å². The zero-order valence-corrected chi connectivity index (χ0v) is 11.9. The summed E-state index contributed by atoms with van der Waals surface area (Å²) >= 11 is 0. The lowest BCUT2D eigenvalue weighted by Gasteiger charge is -2.24. The first-order valence-electron chi connectivity index (χ1n) is 6.28. The molecule has 1 rings (SSSR count). The van der Waals surface area contributed by atoms with E-state index in [4.69, 9.17) is 0 Å². The molecule has 2 atom stereocenters. The molecular formula is C11H25N3O2S. The molecular weight excluding hydrogens is 238 g/mol. The van der Waals surface area contributed by atoms with Crippen LogP contribution in [-0.2, 0) is 10.0 Å². The summed E-state index contributed by atoms with van der Waals surface area (Å²) in [6.45, 7) is 3.41. The van der Waals surface area contributed by atoms with Crippen LogP contribution in [0.3, 0.4) is 0 Å². The molecule has 0 saturated carbocycles. The number of nitrogens with zero attached hydrogens (tertiary/aromatic N) is 1. The summed E-state index contributed by atoms with van der Waals surface area (Å²) in [4.78, 5) is 2.00. The van der Waals surface area contributed by atoms with Gasteiger partial charge in [0.25, 0.3) is 0 Å². The van der Waals surface area contributed by atoms with Gasteiger partial charge < -0.3 is 10.2 Å². The van der Waals surface area contributed by atoms with Gasteiger partial charge in [0.05, 0.1) is 5.75 Å². The average Bonchev–Trinajstić information content (AvgIpc) is 2.26. The molecule has 2 N–H and O–H groups in total. The molecule has 0 aromatic heterocycles. The summed E-state index contributed by atoms with van der Waals surface area (Å²) in [6.07, 6.45) is 3.24. The maximum atomic E-state index is 11.9. The fourth-order valence-corrected chi connectivity index (χ4v) is 3.25. The Hall–Kier alpha value is -0.170. The maximum absolute atomic E-state index is 11.9. The van der Waals surface area contributed by atoms with E-state index in [1.165, 1.54) is 0 Å². The molecule has 0 bridgehead atoms. The third-order valence-electron chi connectivity index (χ3n) is 3.31. The molecule has 0 aliphatic carbocycles. The summed E-state index contributed by atoms with van der Waals surface area (Å²) < 4.78 is 26.4. The molecule has 0 aromatic rings. The second-order valence-corrected chi connectivity index (χ2v) is 6.94. The van der Waals surface area contributed by atoms with Crippen LogP contribution >= 0.6 is 0 Å². The molecule has 0 aromatic carbocycles. The smallest absolute Gasteiger partial charge is 0.213 e. The van der Waals surface area contributed by atoms with Crippen LogP contribution in [0.15, 0.2) is 0 Å². The monoisotopic (exact) mass is 263 g/mol. The summed E-state index contributed by atoms with van der Waals surface area (Å²) in [6, 6.07) is 0.333. The van der Waals surface area contributed by atoms with Crippen molar-refractivity contribution in [2.24, 2.45) is 0 Å². The van der Waals surface area contributed by atoms with Crippen molar-refractivity contribution >= 4 is 10.0 Å². The predicted octanol–water partition coefficient (Wildman–Crippen LogP) is -0.00200. The zero-order chi connectivity index (χ0) is 12.9. The van der Waals surface area contributed by atoms with Crippen LogP contribution in [0, 0.1) is 0 Å². The Morgan fingerprint density at radius 1 is 1.41 bits per heavy atom. The first-order chi connectivity index (χ1) is 7.91. The number of likely N-dealkylation sites (N-methyl/N-ethyl adjacent to an activating group) is 1. The molecule has 0 spiro atoms. The minimum atomic E-state index is -3.15. The highest BCUT2D eigenvalue weighted by molar-refractivity contribution is 7.89. The van der Waals surface area contributed by atoms with Crippen LogP contribution in [0.5, 0.6) is 0 Å². The molecule has 2 unspecified atom stereocenters. The summed E-state index contributed by atoms with van der Waals surface area (Å²) in [5.74, 6) is 0.202. The number of hydrogen-bond acceptors (Lipinski definition) is 4. The van der Waals surface area contributed by atoms with Crippen LogP contribution in [-0.4, -0.2) is 58.3 Å². The van der Waals surface area contributed by atoms with Gasteiger partial charge >= 0.3 is 0 Å². The number of nitrogens with one attached hydrogen (secondary N) is 2. The Kier molecular flexibility index (Phi) is 5.85. The van der Waals surface area contributed by atoms with Gasteiger partial charge in [-0.15, -0.1) is 0 Å². The van der Waals surface area contributed by atoms with Gasteiger partial charge in [0.15, 0.2) is 0 Å². The molecule has 1 saturated heterocycles. The maximum Gasteiger partial charge on any atom is 0.213 e. The van der Waals surface area contributed by atoms with E-state index in [1.54, 1.807) is 0 Å². The van der Waals surface area contributed by atoms with Gasteiger partial charge in [0.1, 0.15) is 0 Å². The van der Waals surface area contributed by atoms with Gasteiger partial charge in [-0.2, -0.15) is 0 Å². The number of rotatable bonds is 6. The highest BCUT2D eigenvalue weighted by Gasteiger charge is 2.21. The number of hydrogen-bond donors (Lipinski definition) is 2. The summed E-state index contributed by atoms with van der Waals surface area (Å²) in [5, 5.41) is 3.26. The standard InChI is InChI=1S/C11H25N3O2S/c1-10(14(2)3)8-13-17(15,16)9-11-6-4-5-7-12-11/h10-13H,4-9H2,1-3H3. The van der Waals surface area contributed by atoms with Crippen LogP contribution in [0.1, 0.15) is 26.2 Å². The Morgan fingerprint density at radius 2 is 2.12 bits per heavy atom. The van der Waals surface area contributed by atoms with Crippen LogP contribution in [0.2, 0.25) is 0 Å². The molecule has 5 nitrogen and oxygen atoms in total. The van der Waals surface area contributed by atoms with Gasteiger partial charge in [0, 0.05) is 18.6 Å². The largest absolute Gasteiger partial charge is 0.313 e. The highest BCUT2D eigenvalue weighted by Crippen LogP contribution is 2.08. The van der Waals surface area contributed by atoms with E-state index >= 15 is 0 Å². The minimum Gasteiger partial charge on any atom is -0.313 e. The number of piperidine rings is 1. The third-order valence-corrected chi connectivity index (χ3v) is 4.76. The summed E-state index contributed by atoms with van der Waals surface area (Å²) in [7, 11) is 0.743. The van der Waals surface area contributed by atoms with Gasteiger partial charge in [-0.05, 0) is 40.4 Å². The fraction of sp³-hybridized carbons (Fsp3) is 1.00. The van der Waals surface area contributed by atoms with Crippen molar-refractivity contribution in [3.8, 4) is 0 Å². The predicted molar refractivity (Wildman–Crippen MR) is 70.6 cm³/mol. The SMILES string of the molecule is CC(CNS(=O)(=O)CC1CCCCN1)N(C)C. The van der Waals surface area contributed by atoms with Crippen molar-refractivity contribution in [3.05, 3.63) is 0 Å². The van der Waals surface area contributed by atoms with Crippen LogP contribution in [0.25, 0.3) is 0 Å². The van der Waals surface area contributed by atoms with Crippen LogP contribution < -0.4 is 10.0 Å². The van der Waals surface area contributed by atoms with E-state index in [2.05, 4.69) is 10.0 Å². The van der Waals surface area contributed by atoms with Crippen molar-refractivity contribution in [1.82, 2.24) is 14.9 Å². The topological polar surface area (TPSA) is 61.4 Å². The Bertz CT molecular complexity index is 311. The molecule has 0 radical (unpaired) electrons. The molecule has 1 heterocycles. The normalized spacial score (nSPS) is 23.9. The van der Waals surface area contributed by atoms with Gasteiger partial charge in [-0.1, -0.05) is 6.42 Å². The summed E-state index contributed by atoms with van der Waals surface area (Å²) in [5.41, 5.74) is 0. The van der Waals surface area contributed by atoms with Crippen molar-refractivity contribution in [3.63, 3.8) is 0 Å². The van der Waals surface area contributed by atoms with E-state index < -0.39 is 10.0 Å². The lowest BCUT2D eigenvalue weighted by atomic mass is 10.1. The Balaban J connectivity index is 2.34. The Labute approximate surface area is 105 Å². The molecule has 102 valence electrons. The molecule has 1 aliphatic rings. The van der Waals surface area contributed by atoms with E-state index in [9.17, 15) is 8.42 Å². The highest BCUT2D eigenvalue weighted by atomic mass is 32.2. The van der Waals surface area contributed by atoms with Crippen molar-refractivity contribution < 1.29 is 8.42 Å². The van der Waals surface area contributed by atoms with Crippen molar-refractivity contribution in [2.75, 3.05) is 32.9 Å². The second kappa shape index (κ2) is 6.68. The van der Waals surface area contributed by atoms with Gasteiger partial charge in [0.2, 0.25) is 10.0 Å². The first-order valence-corrected chi connectivity index (χ1v) is 7.93. The van der Waals surface area contributed by atoms with E-state index in [-0.39, 0.29) is 17.8 Å². The van der Waals surface area contributed by atoms with E-state index in [0.717, 1.165) is 25.8 Å². The minimum absolute atomic E-state index is 0.121. The first kappa shape index (κ1) is 14.9. The molecule has 1 fully saturated rings. The molecule has 1 aliphatic heterocycles.